The molecule has 0 amide bonds. The van der Waals surface area contributed by atoms with Gasteiger partial charge in [0.2, 0.25) is 5.43 Å². The fourth-order valence-corrected chi connectivity index (χ4v) is 0.444. The summed E-state index contributed by atoms with van der Waals surface area (Å²) in [6, 6.07) is 1.12. The molecule has 1 N–H and O–H groups in total. The van der Waals surface area contributed by atoms with E-state index in [-0.39, 0.29) is 11.5 Å². The third-order valence-electron chi connectivity index (χ3n) is 0.866. The summed E-state index contributed by atoms with van der Waals surface area (Å²) in [5.74, 6) is -0.139. The van der Waals surface area contributed by atoms with Crippen molar-refractivity contribution in [1.82, 2.24) is 0 Å². The van der Waals surface area contributed by atoms with Crippen LogP contribution in [0.5, 0.6) is 5.75 Å². The van der Waals surface area contributed by atoms with Gasteiger partial charge in [-0.25, -0.2) is 0 Å². The molecule has 47 valence electrons. The van der Waals surface area contributed by atoms with Crippen LogP contribution in [0.1, 0.15) is 5.76 Å². The van der Waals surface area contributed by atoms with Gasteiger partial charge in [-0.1, -0.05) is 0 Å². The zero-order valence-electron chi connectivity index (χ0n) is 4.63. The second-order valence-corrected chi connectivity index (χ2v) is 1.60. The van der Waals surface area contributed by atoms with Gasteiger partial charge in [0, 0.05) is 13.0 Å². The van der Waals surface area contributed by atoms with Crippen molar-refractivity contribution < 1.29 is 9.52 Å². The van der Waals surface area contributed by atoms with Gasteiger partial charge in [0.05, 0.1) is 0 Å². The Bertz CT molecular complexity index is 261. The van der Waals surface area contributed by atoms with Crippen LogP contribution in [-0.2, 0) is 0 Å². The van der Waals surface area contributed by atoms with Crippen molar-refractivity contribution in [2.45, 2.75) is 0 Å². The minimum absolute atomic E-state index is 0.248. The van der Waals surface area contributed by atoms with Crippen molar-refractivity contribution in [2.75, 3.05) is 0 Å². The van der Waals surface area contributed by atoms with E-state index in [0.29, 0.717) is 0 Å². The standard InChI is InChI=1S/C6H5O3/c1-4-2-5(7)6(8)3-9-4/h2-3,8H,1H2. The molecule has 0 atom stereocenters. The molecule has 1 rings (SSSR count). The van der Waals surface area contributed by atoms with Crippen LogP contribution in [0.25, 0.3) is 0 Å². The van der Waals surface area contributed by atoms with Gasteiger partial charge < -0.3 is 9.52 Å². The first kappa shape index (κ1) is 5.88. The molecule has 0 bridgehead atoms. The van der Waals surface area contributed by atoms with Gasteiger partial charge in [0.1, 0.15) is 12.0 Å². The Morgan fingerprint density at radius 3 is 2.78 bits per heavy atom. The van der Waals surface area contributed by atoms with E-state index in [0.717, 1.165) is 12.3 Å². The minimum atomic E-state index is -0.466. The number of hydrogen-bond donors (Lipinski definition) is 1. The minimum Gasteiger partial charge on any atom is -0.502 e. The van der Waals surface area contributed by atoms with Crippen molar-refractivity contribution in [3.05, 3.63) is 35.2 Å². The van der Waals surface area contributed by atoms with Gasteiger partial charge in [-0.05, 0) is 0 Å². The molecular formula is C6H5O3. The van der Waals surface area contributed by atoms with Crippen LogP contribution in [0.3, 0.4) is 0 Å². The third kappa shape index (κ3) is 1.10. The van der Waals surface area contributed by atoms with E-state index in [2.05, 4.69) is 11.3 Å². The second kappa shape index (κ2) is 1.93. The summed E-state index contributed by atoms with van der Waals surface area (Å²) >= 11 is 0. The van der Waals surface area contributed by atoms with E-state index < -0.39 is 5.43 Å². The first-order valence-electron chi connectivity index (χ1n) is 2.34. The first-order chi connectivity index (χ1) is 4.20. The van der Waals surface area contributed by atoms with Crippen molar-refractivity contribution in [2.24, 2.45) is 0 Å². The maximum absolute atomic E-state index is 10.5. The van der Waals surface area contributed by atoms with E-state index in [4.69, 9.17) is 5.11 Å². The van der Waals surface area contributed by atoms with Crippen LogP contribution < -0.4 is 5.43 Å². The number of rotatable bonds is 0. The average Bonchev–Trinajstić information content (AvgIpc) is 1.80. The van der Waals surface area contributed by atoms with Crippen LogP contribution in [0.15, 0.2) is 21.5 Å². The Balaban J connectivity index is 3.34. The molecule has 0 aliphatic heterocycles. The first-order valence-corrected chi connectivity index (χ1v) is 2.34. The van der Waals surface area contributed by atoms with Crippen molar-refractivity contribution >= 4 is 0 Å². The smallest absolute Gasteiger partial charge is 0.226 e. The summed E-state index contributed by atoms with van der Waals surface area (Å²) in [6.45, 7) is 3.34. The van der Waals surface area contributed by atoms with Crippen molar-refractivity contribution in [1.29, 1.82) is 0 Å². The topological polar surface area (TPSA) is 50.4 Å². The number of hydrogen-bond acceptors (Lipinski definition) is 3. The fraction of sp³-hybridized carbons (Fsp3) is 0. The molecule has 1 radical (unpaired) electrons. The normalized spacial score (nSPS) is 9.44. The van der Waals surface area contributed by atoms with Crippen LogP contribution in [0.4, 0.5) is 0 Å². The summed E-state index contributed by atoms with van der Waals surface area (Å²) in [4.78, 5) is 10.5. The highest BCUT2D eigenvalue weighted by Crippen LogP contribution is 2.00. The number of aromatic hydroxyl groups is 1. The van der Waals surface area contributed by atoms with Crippen LogP contribution >= 0.6 is 0 Å². The summed E-state index contributed by atoms with van der Waals surface area (Å²) in [5, 5.41) is 8.61. The monoisotopic (exact) mass is 125 g/mol. The second-order valence-electron chi connectivity index (χ2n) is 1.60. The Labute approximate surface area is 51.6 Å². The highest BCUT2D eigenvalue weighted by Gasteiger charge is 1.94. The molecule has 0 saturated heterocycles. The summed E-state index contributed by atoms with van der Waals surface area (Å²) < 4.78 is 4.58. The molecule has 0 fully saturated rings. The molecular weight excluding hydrogens is 120 g/mol. The summed E-state index contributed by atoms with van der Waals surface area (Å²) in [5.41, 5.74) is -0.466. The highest BCUT2D eigenvalue weighted by atomic mass is 16.3. The molecule has 3 heteroatoms. The van der Waals surface area contributed by atoms with Gasteiger partial charge in [-0.2, -0.15) is 0 Å². The zero-order valence-corrected chi connectivity index (χ0v) is 4.63. The fourth-order valence-electron chi connectivity index (χ4n) is 0.444. The van der Waals surface area contributed by atoms with Crippen molar-refractivity contribution in [3.63, 3.8) is 0 Å². The molecule has 0 saturated carbocycles. The lowest BCUT2D eigenvalue weighted by molar-refractivity contribution is 0.424. The molecule has 0 spiro atoms. The lowest BCUT2D eigenvalue weighted by atomic mass is 10.4. The van der Waals surface area contributed by atoms with E-state index in [1.54, 1.807) is 0 Å². The molecule has 1 aromatic rings. The maximum Gasteiger partial charge on any atom is 0.226 e. The van der Waals surface area contributed by atoms with Crippen LogP contribution in [-0.4, -0.2) is 5.11 Å². The molecule has 0 aliphatic rings. The molecule has 9 heavy (non-hydrogen) atoms. The summed E-state index contributed by atoms with van der Waals surface area (Å²) in [7, 11) is 0. The Morgan fingerprint density at radius 1 is 1.67 bits per heavy atom. The lowest BCUT2D eigenvalue weighted by Crippen LogP contribution is -1.96. The SMILES string of the molecule is [CH2]c1cc(=O)c(O)co1. The summed E-state index contributed by atoms with van der Waals surface area (Å²) in [6.07, 6.45) is 0.963. The molecule has 1 aromatic heterocycles. The molecule has 0 unspecified atom stereocenters. The Kier molecular flexibility index (Phi) is 1.26. The predicted octanol–water partition coefficient (Wildman–Crippen LogP) is 0.528. The zero-order chi connectivity index (χ0) is 6.85. The van der Waals surface area contributed by atoms with E-state index >= 15 is 0 Å². The quantitative estimate of drug-likeness (QED) is 0.550. The van der Waals surface area contributed by atoms with Gasteiger partial charge in [-0.3, -0.25) is 4.79 Å². The van der Waals surface area contributed by atoms with E-state index in [9.17, 15) is 4.79 Å². The van der Waals surface area contributed by atoms with Crippen molar-refractivity contribution in [3.8, 4) is 5.75 Å². The van der Waals surface area contributed by atoms with Gasteiger partial charge >= 0.3 is 0 Å². The Morgan fingerprint density at radius 2 is 2.33 bits per heavy atom. The maximum atomic E-state index is 10.5. The molecule has 1 heterocycles. The van der Waals surface area contributed by atoms with Crippen LogP contribution in [0.2, 0.25) is 0 Å². The molecule has 0 aliphatic carbocycles. The van der Waals surface area contributed by atoms with E-state index in [1.807, 2.05) is 0 Å². The van der Waals surface area contributed by atoms with Gasteiger partial charge in [0.25, 0.3) is 0 Å². The average molecular weight is 125 g/mol. The molecule has 0 aromatic carbocycles. The molecule has 3 nitrogen and oxygen atoms in total. The Hall–Kier alpha value is -1.25. The van der Waals surface area contributed by atoms with E-state index in [1.165, 1.54) is 0 Å². The lowest BCUT2D eigenvalue weighted by Gasteiger charge is -1.88. The predicted molar refractivity (Wildman–Crippen MR) is 31.1 cm³/mol. The third-order valence-corrected chi connectivity index (χ3v) is 0.866. The van der Waals surface area contributed by atoms with Crippen LogP contribution in [0, 0.1) is 6.92 Å². The largest absolute Gasteiger partial charge is 0.502 e. The van der Waals surface area contributed by atoms with Gasteiger partial charge in [0.15, 0.2) is 5.75 Å². The van der Waals surface area contributed by atoms with Gasteiger partial charge in [-0.15, -0.1) is 0 Å². The highest BCUT2D eigenvalue weighted by molar-refractivity contribution is 5.16.